The summed E-state index contributed by atoms with van der Waals surface area (Å²) in [7, 11) is 0. The van der Waals surface area contributed by atoms with Crippen molar-refractivity contribution < 1.29 is 0 Å². The van der Waals surface area contributed by atoms with E-state index in [2.05, 4.69) is 20.1 Å². The number of aromatic nitrogens is 5. The van der Waals surface area contributed by atoms with Crippen molar-refractivity contribution in [2.45, 2.75) is 10.9 Å². The maximum absolute atomic E-state index is 12.5. The van der Waals surface area contributed by atoms with Crippen molar-refractivity contribution in [3.63, 3.8) is 0 Å². The first kappa shape index (κ1) is 17.9. The lowest BCUT2D eigenvalue weighted by molar-refractivity contribution is 0.873. The number of rotatable bonds is 4. The van der Waals surface area contributed by atoms with Crippen LogP contribution in [0.4, 0.5) is 0 Å². The molecule has 0 saturated heterocycles. The summed E-state index contributed by atoms with van der Waals surface area (Å²) >= 11 is 7.72. The average molecular weight is 420 g/mol. The molecule has 142 valence electrons. The Kier molecular flexibility index (Phi) is 4.54. The first-order valence-electron chi connectivity index (χ1n) is 8.89. The number of hydrogen-bond donors (Lipinski definition) is 1. The second-order valence-corrected chi connectivity index (χ2v) is 7.77. The van der Waals surface area contributed by atoms with Gasteiger partial charge in [-0.1, -0.05) is 47.6 Å². The van der Waals surface area contributed by atoms with Gasteiger partial charge in [0.25, 0.3) is 5.56 Å². The number of fused-ring (bicyclic) bond motifs is 2. The lowest BCUT2D eigenvalue weighted by Gasteiger charge is -2.07. The topological polar surface area (TPSA) is 76.5 Å². The number of benzene rings is 2. The lowest BCUT2D eigenvalue weighted by atomic mass is 10.1. The molecule has 2 aromatic carbocycles. The molecule has 0 aliphatic heterocycles. The summed E-state index contributed by atoms with van der Waals surface area (Å²) < 4.78 is 1.67. The standard InChI is InChI=1S/C21H14ClN5OS/c22-17-9-8-13(18-15(17)7-4-10-23-18)12-29-21-25-19-16(20(28)26-21)11-24-27(19)14-5-2-1-3-6-14/h1-11H,12H2,(H,25,26,28). The van der Waals surface area contributed by atoms with E-state index in [1.165, 1.54) is 11.8 Å². The third-order valence-corrected chi connectivity index (χ3v) is 5.83. The van der Waals surface area contributed by atoms with Crippen LogP contribution in [0.1, 0.15) is 5.56 Å². The van der Waals surface area contributed by atoms with Gasteiger partial charge >= 0.3 is 0 Å². The van der Waals surface area contributed by atoms with Gasteiger partial charge in [0.1, 0.15) is 5.39 Å². The van der Waals surface area contributed by atoms with Crippen LogP contribution >= 0.6 is 23.4 Å². The highest BCUT2D eigenvalue weighted by Gasteiger charge is 2.13. The summed E-state index contributed by atoms with van der Waals surface area (Å²) in [5.41, 5.74) is 3.05. The van der Waals surface area contributed by atoms with Gasteiger partial charge in [0.2, 0.25) is 0 Å². The molecule has 5 rings (SSSR count). The van der Waals surface area contributed by atoms with Crippen molar-refractivity contribution in [3.8, 4) is 5.69 Å². The van der Waals surface area contributed by atoms with E-state index >= 15 is 0 Å². The number of halogens is 1. The van der Waals surface area contributed by atoms with Crippen molar-refractivity contribution >= 4 is 45.3 Å². The van der Waals surface area contributed by atoms with E-state index in [4.69, 9.17) is 11.6 Å². The largest absolute Gasteiger partial charge is 0.301 e. The van der Waals surface area contributed by atoms with Crippen LogP contribution in [0.25, 0.3) is 27.6 Å². The SMILES string of the molecule is O=c1[nH]c(SCc2ccc(Cl)c3cccnc23)nc2c1cnn2-c1ccccc1. The Labute approximate surface area is 174 Å². The molecule has 0 amide bonds. The van der Waals surface area contributed by atoms with Crippen molar-refractivity contribution in [1.82, 2.24) is 24.7 Å². The third-order valence-electron chi connectivity index (χ3n) is 4.58. The average Bonchev–Trinajstić information content (AvgIpc) is 3.19. The fraction of sp³-hybridized carbons (Fsp3) is 0.0476. The molecule has 0 spiro atoms. The van der Waals surface area contributed by atoms with Crippen LogP contribution < -0.4 is 5.56 Å². The van der Waals surface area contributed by atoms with Crippen LogP contribution in [0.5, 0.6) is 0 Å². The minimum atomic E-state index is -0.209. The first-order valence-corrected chi connectivity index (χ1v) is 10.3. The normalized spacial score (nSPS) is 11.3. The summed E-state index contributed by atoms with van der Waals surface area (Å²) in [6, 6.07) is 17.3. The monoisotopic (exact) mass is 419 g/mol. The number of aromatic amines is 1. The van der Waals surface area contributed by atoms with Crippen LogP contribution in [-0.4, -0.2) is 24.7 Å². The second-order valence-electron chi connectivity index (χ2n) is 6.40. The van der Waals surface area contributed by atoms with Crippen molar-refractivity contribution in [3.05, 3.63) is 87.9 Å². The molecule has 0 atom stereocenters. The smallest absolute Gasteiger partial charge is 0.262 e. The molecule has 0 bridgehead atoms. The van der Waals surface area contributed by atoms with Gasteiger partial charge in [-0.15, -0.1) is 0 Å². The molecule has 3 aromatic heterocycles. The number of pyridine rings is 1. The number of nitrogens with one attached hydrogen (secondary N) is 1. The molecular weight excluding hydrogens is 406 g/mol. The Hall–Kier alpha value is -3.16. The van der Waals surface area contributed by atoms with Crippen molar-refractivity contribution in [2.75, 3.05) is 0 Å². The van der Waals surface area contributed by atoms with Crippen molar-refractivity contribution in [1.29, 1.82) is 0 Å². The van der Waals surface area contributed by atoms with Gasteiger partial charge < -0.3 is 4.98 Å². The summed E-state index contributed by atoms with van der Waals surface area (Å²) in [6.07, 6.45) is 3.29. The maximum atomic E-state index is 12.5. The highest BCUT2D eigenvalue weighted by atomic mass is 35.5. The Morgan fingerprint density at radius 3 is 2.76 bits per heavy atom. The van der Waals surface area contributed by atoms with Gasteiger partial charge in [0.15, 0.2) is 10.8 Å². The summed E-state index contributed by atoms with van der Waals surface area (Å²) in [4.78, 5) is 24.5. The van der Waals surface area contributed by atoms with Gasteiger partial charge in [-0.25, -0.2) is 9.67 Å². The van der Waals surface area contributed by atoms with Gasteiger partial charge in [0, 0.05) is 22.4 Å². The number of thioether (sulfide) groups is 1. The van der Waals surface area contributed by atoms with Gasteiger partial charge in [0.05, 0.1) is 17.4 Å². The molecule has 0 aliphatic carbocycles. The Bertz CT molecular complexity index is 1400. The zero-order chi connectivity index (χ0) is 19.8. The van der Waals surface area contributed by atoms with E-state index in [1.807, 2.05) is 54.6 Å². The molecule has 0 aliphatic rings. The maximum Gasteiger partial charge on any atom is 0.262 e. The van der Waals surface area contributed by atoms with E-state index in [0.29, 0.717) is 27.0 Å². The van der Waals surface area contributed by atoms with Crippen LogP contribution in [0.3, 0.4) is 0 Å². The number of hydrogen-bond acceptors (Lipinski definition) is 5. The van der Waals surface area contributed by atoms with E-state index in [-0.39, 0.29) is 5.56 Å². The minimum Gasteiger partial charge on any atom is -0.301 e. The summed E-state index contributed by atoms with van der Waals surface area (Å²) in [5, 5.41) is 6.90. The van der Waals surface area contributed by atoms with Crippen LogP contribution in [0.2, 0.25) is 5.02 Å². The molecule has 0 radical (unpaired) electrons. The van der Waals surface area contributed by atoms with Crippen LogP contribution in [0.15, 0.2) is 76.9 Å². The fourth-order valence-electron chi connectivity index (χ4n) is 3.18. The number of H-pyrrole nitrogens is 1. The molecule has 0 fully saturated rings. The highest BCUT2D eigenvalue weighted by molar-refractivity contribution is 7.98. The molecule has 1 N–H and O–H groups in total. The first-order chi connectivity index (χ1) is 14.2. The highest BCUT2D eigenvalue weighted by Crippen LogP contribution is 2.29. The number of nitrogens with zero attached hydrogens (tertiary/aromatic N) is 4. The molecule has 0 unspecified atom stereocenters. The van der Waals surface area contributed by atoms with Gasteiger partial charge in [-0.2, -0.15) is 5.10 Å². The molecule has 3 heterocycles. The van der Waals surface area contributed by atoms with E-state index in [1.54, 1.807) is 17.1 Å². The zero-order valence-corrected chi connectivity index (χ0v) is 16.6. The lowest BCUT2D eigenvalue weighted by Crippen LogP contribution is -2.09. The summed E-state index contributed by atoms with van der Waals surface area (Å²) in [5.74, 6) is 0.596. The fourth-order valence-corrected chi connectivity index (χ4v) is 4.24. The Morgan fingerprint density at radius 1 is 1.03 bits per heavy atom. The molecule has 0 saturated carbocycles. The second kappa shape index (κ2) is 7.35. The molecule has 29 heavy (non-hydrogen) atoms. The molecule has 8 heteroatoms. The predicted molar refractivity (Wildman–Crippen MR) is 116 cm³/mol. The molecule has 6 nitrogen and oxygen atoms in total. The van der Waals surface area contributed by atoms with Crippen LogP contribution in [-0.2, 0) is 5.75 Å². The predicted octanol–water partition coefficient (Wildman–Crippen LogP) is 4.60. The van der Waals surface area contributed by atoms with Gasteiger partial charge in [-0.3, -0.25) is 9.78 Å². The quantitative estimate of drug-likeness (QED) is 0.340. The van der Waals surface area contributed by atoms with Crippen molar-refractivity contribution in [2.24, 2.45) is 0 Å². The Morgan fingerprint density at radius 2 is 1.90 bits per heavy atom. The molecule has 5 aromatic rings. The van der Waals surface area contributed by atoms with E-state index < -0.39 is 0 Å². The Balaban J connectivity index is 1.52. The zero-order valence-electron chi connectivity index (χ0n) is 15.0. The van der Waals surface area contributed by atoms with E-state index in [0.717, 1.165) is 22.2 Å². The van der Waals surface area contributed by atoms with Gasteiger partial charge in [-0.05, 0) is 35.9 Å². The minimum absolute atomic E-state index is 0.209. The molecular formula is C21H14ClN5OS. The van der Waals surface area contributed by atoms with Crippen LogP contribution in [0, 0.1) is 0 Å². The number of para-hydroxylation sites is 1. The third kappa shape index (κ3) is 3.28. The summed E-state index contributed by atoms with van der Waals surface area (Å²) in [6.45, 7) is 0. The van der Waals surface area contributed by atoms with E-state index in [9.17, 15) is 4.79 Å².